The molecule has 5 aromatic rings. The maximum absolute atomic E-state index is 13.4. The fourth-order valence-electron chi connectivity index (χ4n) is 3.22. The van der Waals surface area contributed by atoms with Gasteiger partial charge in [0.25, 0.3) is 5.91 Å². The third kappa shape index (κ3) is 3.94. The van der Waals surface area contributed by atoms with Crippen molar-refractivity contribution in [2.24, 2.45) is 0 Å². The van der Waals surface area contributed by atoms with Crippen LogP contribution in [0.2, 0.25) is 5.02 Å². The molecule has 0 atom stereocenters. The van der Waals surface area contributed by atoms with Crippen molar-refractivity contribution < 1.29 is 18.3 Å². The standard InChI is InChI=1S/C22H15ClFN5O3S/c1-11-26-27-22-29(11)28-21(33-22)13-4-6-18(31-2)16(10-13)25-20(30)19-8-7-17(32-19)12-3-5-15(24)14(23)9-12/h3-10H,1-2H3,(H,25,30). The van der Waals surface area contributed by atoms with Gasteiger partial charge in [-0.3, -0.25) is 4.79 Å². The molecule has 0 aliphatic rings. The number of methoxy groups -OCH3 is 1. The predicted octanol–water partition coefficient (Wildman–Crippen LogP) is 5.47. The Hall–Kier alpha value is -3.76. The van der Waals surface area contributed by atoms with E-state index in [0.717, 1.165) is 10.6 Å². The van der Waals surface area contributed by atoms with Crippen molar-refractivity contribution in [3.63, 3.8) is 0 Å². The van der Waals surface area contributed by atoms with Gasteiger partial charge < -0.3 is 14.5 Å². The van der Waals surface area contributed by atoms with E-state index in [4.69, 9.17) is 20.8 Å². The molecule has 166 valence electrons. The van der Waals surface area contributed by atoms with E-state index in [0.29, 0.717) is 33.5 Å². The summed E-state index contributed by atoms with van der Waals surface area (Å²) in [5, 5.41) is 16.1. The van der Waals surface area contributed by atoms with Gasteiger partial charge in [0.15, 0.2) is 11.6 Å². The highest BCUT2D eigenvalue weighted by atomic mass is 35.5. The SMILES string of the molecule is COc1ccc(-c2nn3c(C)nnc3s2)cc1NC(=O)c1ccc(-c2ccc(F)c(Cl)c2)o1. The average molecular weight is 484 g/mol. The van der Waals surface area contributed by atoms with Gasteiger partial charge in [-0.15, -0.1) is 10.2 Å². The van der Waals surface area contributed by atoms with Gasteiger partial charge >= 0.3 is 0 Å². The topological polar surface area (TPSA) is 94.5 Å². The van der Waals surface area contributed by atoms with E-state index in [2.05, 4.69) is 20.6 Å². The van der Waals surface area contributed by atoms with E-state index in [1.54, 1.807) is 22.7 Å². The Morgan fingerprint density at radius 3 is 2.73 bits per heavy atom. The summed E-state index contributed by atoms with van der Waals surface area (Å²) in [5.74, 6) is 0.620. The molecule has 2 aromatic carbocycles. The van der Waals surface area contributed by atoms with Gasteiger partial charge in [0.1, 0.15) is 22.3 Å². The lowest BCUT2D eigenvalue weighted by atomic mass is 10.2. The van der Waals surface area contributed by atoms with Crippen molar-refractivity contribution in [2.45, 2.75) is 6.92 Å². The smallest absolute Gasteiger partial charge is 0.291 e. The first kappa shape index (κ1) is 21.1. The van der Waals surface area contributed by atoms with Crippen LogP contribution < -0.4 is 10.1 Å². The summed E-state index contributed by atoms with van der Waals surface area (Å²) in [5.41, 5.74) is 1.78. The Labute approximate surface area is 195 Å². The molecule has 33 heavy (non-hydrogen) atoms. The number of aryl methyl sites for hydroxylation is 1. The minimum absolute atomic E-state index is 0.0305. The Bertz CT molecular complexity index is 1510. The molecule has 5 rings (SSSR count). The van der Waals surface area contributed by atoms with Gasteiger partial charge in [-0.1, -0.05) is 22.9 Å². The number of amides is 1. The third-order valence-corrected chi connectivity index (χ3v) is 6.11. The van der Waals surface area contributed by atoms with E-state index in [9.17, 15) is 9.18 Å². The van der Waals surface area contributed by atoms with Crippen LogP contribution in [0.5, 0.6) is 5.75 Å². The van der Waals surface area contributed by atoms with Crippen molar-refractivity contribution in [3.8, 4) is 27.6 Å². The second kappa shape index (κ2) is 8.30. The quantitative estimate of drug-likeness (QED) is 0.356. The predicted molar refractivity (Wildman–Crippen MR) is 122 cm³/mol. The van der Waals surface area contributed by atoms with Crippen LogP contribution in [-0.4, -0.2) is 32.8 Å². The minimum Gasteiger partial charge on any atom is -0.495 e. The number of benzene rings is 2. The summed E-state index contributed by atoms with van der Waals surface area (Å²) in [4.78, 5) is 13.5. The van der Waals surface area contributed by atoms with Crippen LogP contribution in [0.25, 0.3) is 26.9 Å². The second-order valence-corrected chi connectivity index (χ2v) is 8.37. The zero-order chi connectivity index (χ0) is 23.1. The molecule has 3 aromatic heterocycles. The summed E-state index contributed by atoms with van der Waals surface area (Å²) in [6, 6.07) is 12.7. The highest BCUT2D eigenvalue weighted by molar-refractivity contribution is 7.19. The number of rotatable bonds is 5. The van der Waals surface area contributed by atoms with Gasteiger partial charge in [0.05, 0.1) is 17.8 Å². The molecule has 0 bridgehead atoms. The number of carbonyl (C=O) groups is 1. The maximum Gasteiger partial charge on any atom is 0.291 e. The zero-order valence-electron chi connectivity index (χ0n) is 17.3. The van der Waals surface area contributed by atoms with Crippen LogP contribution in [0.15, 0.2) is 52.9 Å². The summed E-state index contributed by atoms with van der Waals surface area (Å²) >= 11 is 7.22. The molecule has 0 unspecified atom stereocenters. The monoisotopic (exact) mass is 483 g/mol. The fraction of sp³-hybridized carbons (Fsp3) is 0.0909. The summed E-state index contributed by atoms with van der Waals surface area (Å²) in [6.45, 7) is 1.82. The molecule has 1 amide bonds. The summed E-state index contributed by atoms with van der Waals surface area (Å²) in [6.07, 6.45) is 0. The fourth-order valence-corrected chi connectivity index (χ4v) is 4.28. The average Bonchev–Trinajstić information content (AvgIpc) is 3.53. The molecular formula is C22H15ClFN5O3S. The number of ether oxygens (including phenoxy) is 1. The van der Waals surface area contributed by atoms with Crippen LogP contribution in [0, 0.1) is 12.7 Å². The number of fused-ring (bicyclic) bond motifs is 1. The first-order valence-corrected chi connectivity index (χ1v) is 10.9. The number of aromatic nitrogens is 4. The number of halogens is 2. The number of carbonyl (C=O) groups excluding carboxylic acids is 1. The van der Waals surface area contributed by atoms with Crippen molar-refractivity contribution in [3.05, 3.63) is 71.0 Å². The number of hydrogen-bond donors (Lipinski definition) is 1. The van der Waals surface area contributed by atoms with Crippen molar-refractivity contribution in [1.29, 1.82) is 0 Å². The van der Waals surface area contributed by atoms with Crippen molar-refractivity contribution in [1.82, 2.24) is 19.8 Å². The van der Waals surface area contributed by atoms with Crippen molar-refractivity contribution >= 4 is 39.5 Å². The van der Waals surface area contributed by atoms with E-state index in [1.807, 2.05) is 13.0 Å². The number of anilines is 1. The molecule has 0 spiro atoms. The van der Waals surface area contributed by atoms with Crippen LogP contribution in [0.4, 0.5) is 10.1 Å². The van der Waals surface area contributed by atoms with Gasteiger partial charge in [0, 0.05) is 11.1 Å². The molecule has 3 heterocycles. The Morgan fingerprint density at radius 2 is 1.97 bits per heavy atom. The third-order valence-electron chi connectivity index (χ3n) is 4.88. The van der Waals surface area contributed by atoms with Crippen LogP contribution in [0.1, 0.15) is 16.4 Å². The molecule has 1 N–H and O–H groups in total. The minimum atomic E-state index is -0.531. The van der Waals surface area contributed by atoms with Gasteiger partial charge in [-0.05, 0) is 55.5 Å². The van der Waals surface area contributed by atoms with Crippen LogP contribution >= 0.6 is 22.9 Å². The number of hydrogen-bond acceptors (Lipinski definition) is 7. The Balaban J connectivity index is 1.42. The first-order valence-electron chi connectivity index (χ1n) is 9.67. The van der Waals surface area contributed by atoms with Crippen molar-refractivity contribution in [2.75, 3.05) is 12.4 Å². The van der Waals surface area contributed by atoms with Gasteiger partial charge in [0.2, 0.25) is 4.96 Å². The number of furan rings is 1. The molecule has 0 fully saturated rings. The largest absolute Gasteiger partial charge is 0.495 e. The molecule has 0 aliphatic heterocycles. The number of nitrogens with zero attached hydrogens (tertiary/aromatic N) is 4. The molecule has 0 radical (unpaired) electrons. The molecule has 11 heteroatoms. The van der Waals surface area contributed by atoms with Crippen LogP contribution in [-0.2, 0) is 0 Å². The molecule has 0 saturated carbocycles. The lowest BCUT2D eigenvalue weighted by Crippen LogP contribution is -2.11. The molecule has 0 saturated heterocycles. The Morgan fingerprint density at radius 1 is 1.15 bits per heavy atom. The summed E-state index contributed by atoms with van der Waals surface area (Å²) < 4.78 is 26.2. The second-order valence-electron chi connectivity index (χ2n) is 7.01. The van der Waals surface area contributed by atoms with E-state index < -0.39 is 11.7 Å². The van der Waals surface area contributed by atoms with Crippen LogP contribution in [0.3, 0.4) is 0 Å². The maximum atomic E-state index is 13.4. The number of nitrogens with one attached hydrogen (secondary N) is 1. The highest BCUT2D eigenvalue weighted by Gasteiger charge is 2.17. The van der Waals surface area contributed by atoms with E-state index >= 15 is 0 Å². The summed E-state index contributed by atoms with van der Waals surface area (Å²) in [7, 11) is 1.51. The van der Waals surface area contributed by atoms with Gasteiger partial charge in [-0.25, -0.2) is 4.39 Å². The zero-order valence-corrected chi connectivity index (χ0v) is 18.9. The molecule has 8 nitrogen and oxygen atoms in total. The lowest BCUT2D eigenvalue weighted by Gasteiger charge is -2.10. The molecular weight excluding hydrogens is 469 g/mol. The first-order chi connectivity index (χ1) is 15.9. The lowest BCUT2D eigenvalue weighted by molar-refractivity contribution is 0.0997. The van der Waals surface area contributed by atoms with E-state index in [-0.39, 0.29) is 10.8 Å². The Kier molecular flexibility index (Phi) is 5.31. The van der Waals surface area contributed by atoms with E-state index in [1.165, 1.54) is 42.7 Å². The highest BCUT2D eigenvalue weighted by Crippen LogP contribution is 2.33. The van der Waals surface area contributed by atoms with Gasteiger partial charge in [-0.2, -0.15) is 9.61 Å². The normalized spacial score (nSPS) is 11.2. The molecule has 0 aliphatic carbocycles.